The summed E-state index contributed by atoms with van der Waals surface area (Å²) in [5, 5.41) is 0. The molecule has 1 fully saturated rings. The highest BCUT2D eigenvalue weighted by Crippen LogP contribution is 2.18. The van der Waals surface area contributed by atoms with Gasteiger partial charge in [-0.3, -0.25) is 4.90 Å². The van der Waals surface area contributed by atoms with Crippen LogP contribution < -0.4 is 0 Å². The SMILES string of the molecule is Fc1ccc(CN2CCCCC2)c(F)c1F. The molecule has 1 aromatic rings. The van der Waals surface area contributed by atoms with E-state index < -0.39 is 17.5 Å². The van der Waals surface area contributed by atoms with Crippen LogP contribution in [-0.4, -0.2) is 18.0 Å². The van der Waals surface area contributed by atoms with Gasteiger partial charge in [0.25, 0.3) is 0 Å². The molecular weight excluding hydrogens is 215 g/mol. The molecule has 0 radical (unpaired) electrons. The van der Waals surface area contributed by atoms with Gasteiger partial charge in [0.15, 0.2) is 17.5 Å². The van der Waals surface area contributed by atoms with E-state index >= 15 is 0 Å². The summed E-state index contributed by atoms with van der Waals surface area (Å²) in [5.41, 5.74) is 0.237. The average Bonchev–Trinajstić information content (AvgIpc) is 2.31. The molecular formula is C12H14F3N. The van der Waals surface area contributed by atoms with Crippen molar-refractivity contribution in [3.8, 4) is 0 Å². The minimum absolute atomic E-state index is 0.237. The van der Waals surface area contributed by atoms with Gasteiger partial charge >= 0.3 is 0 Å². The van der Waals surface area contributed by atoms with Gasteiger partial charge in [-0.05, 0) is 32.0 Å². The Balaban J connectivity index is 2.11. The fourth-order valence-corrected chi connectivity index (χ4v) is 2.05. The Labute approximate surface area is 92.9 Å². The molecule has 1 heterocycles. The van der Waals surface area contributed by atoms with E-state index in [1.807, 2.05) is 0 Å². The minimum Gasteiger partial charge on any atom is -0.299 e. The lowest BCUT2D eigenvalue weighted by Gasteiger charge is -2.26. The molecule has 1 aliphatic rings. The second-order valence-electron chi connectivity index (χ2n) is 4.17. The van der Waals surface area contributed by atoms with Crippen molar-refractivity contribution in [1.29, 1.82) is 0 Å². The van der Waals surface area contributed by atoms with Crippen LogP contribution in [0.2, 0.25) is 0 Å². The Bertz CT molecular complexity index is 373. The van der Waals surface area contributed by atoms with E-state index in [-0.39, 0.29) is 5.56 Å². The van der Waals surface area contributed by atoms with E-state index in [0.717, 1.165) is 32.0 Å². The van der Waals surface area contributed by atoms with Gasteiger partial charge in [0, 0.05) is 12.1 Å². The number of nitrogens with zero attached hydrogens (tertiary/aromatic N) is 1. The van der Waals surface area contributed by atoms with E-state index in [0.29, 0.717) is 6.54 Å². The smallest absolute Gasteiger partial charge is 0.194 e. The van der Waals surface area contributed by atoms with Crippen LogP contribution in [0.25, 0.3) is 0 Å². The molecule has 1 nitrogen and oxygen atoms in total. The summed E-state index contributed by atoms with van der Waals surface area (Å²) < 4.78 is 39.1. The van der Waals surface area contributed by atoms with Crippen molar-refractivity contribution in [3.05, 3.63) is 35.1 Å². The van der Waals surface area contributed by atoms with E-state index in [2.05, 4.69) is 4.90 Å². The van der Waals surface area contributed by atoms with Crippen molar-refractivity contribution in [2.24, 2.45) is 0 Å². The third kappa shape index (κ3) is 2.38. The lowest BCUT2D eigenvalue weighted by molar-refractivity contribution is 0.217. The third-order valence-electron chi connectivity index (χ3n) is 2.96. The van der Waals surface area contributed by atoms with E-state index in [1.54, 1.807) is 0 Å². The molecule has 2 rings (SSSR count). The highest BCUT2D eigenvalue weighted by Gasteiger charge is 2.17. The topological polar surface area (TPSA) is 3.24 Å². The van der Waals surface area contributed by atoms with Gasteiger partial charge in [0.2, 0.25) is 0 Å². The first-order valence-electron chi connectivity index (χ1n) is 5.53. The van der Waals surface area contributed by atoms with Crippen LogP contribution in [-0.2, 0) is 6.54 Å². The number of hydrogen-bond donors (Lipinski definition) is 0. The largest absolute Gasteiger partial charge is 0.299 e. The normalized spacial score (nSPS) is 17.7. The Morgan fingerprint density at radius 3 is 2.31 bits per heavy atom. The molecule has 88 valence electrons. The van der Waals surface area contributed by atoms with Gasteiger partial charge in [0.1, 0.15) is 0 Å². The Morgan fingerprint density at radius 2 is 1.62 bits per heavy atom. The van der Waals surface area contributed by atoms with Crippen LogP contribution in [0.4, 0.5) is 13.2 Å². The van der Waals surface area contributed by atoms with Gasteiger partial charge in [0.05, 0.1) is 0 Å². The molecule has 1 aromatic carbocycles. The predicted molar refractivity (Wildman–Crippen MR) is 55.4 cm³/mol. The number of hydrogen-bond acceptors (Lipinski definition) is 1. The van der Waals surface area contributed by atoms with Crippen LogP contribution in [0.15, 0.2) is 12.1 Å². The number of likely N-dealkylation sites (tertiary alicyclic amines) is 1. The summed E-state index contributed by atoms with van der Waals surface area (Å²) in [6.07, 6.45) is 3.37. The summed E-state index contributed by atoms with van der Waals surface area (Å²) in [5.74, 6) is -3.54. The molecule has 1 aliphatic heterocycles. The highest BCUT2D eigenvalue weighted by molar-refractivity contribution is 5.20. The summed E-state index contributed by atoms with van der Waals surface area (Å²) in [4.78, 5) is 2.07. The van der Waals surface area contributed by atoms with E-state index in [9.17, 15) is 13.2 Å². The first kappa shape index (κ1) is 11.5. The first-order chi connectivity index (χ1) is 7.68. The summed E-state index contributed by atoms with van der Waals surface area (Å²) in [6.45, 7) is 2.17. The predicted octanol–water partition coefficient (Wildman–Crippen LogP) is 3.09. The molecule has 0 saturated carbocycles. The van der Waals surface area contributed by atoms with Crippen molar-refractivity contribution >= 4 is 0 Å². The van der Waals surface area contributed by atoms with E-state index in [4.69, 9.17) is 0 Å². The molecule has 0 aromatic heterocycles. The van der Waals surface area contributed by atoms with Gasteiger partial charge in [-0.25, -0.2) is 13.2 Å². The third-order valence-corrected chi connectivity index (χ3v) is 2.96. The molecule has 16 heavy (non-hydrogen) atoms. The standard InChI is InChI=1S/C12H14F3N/c13-10-5-4-9(11(14)12(10)15)8-16-6-2-1-3-7-16/h4-5H,1-3,6-8H2. The van der Waals surface area contributed by atoms with Crippen LogP contribution in [0.3, 0.4) is 0 Å². The average molecular weight is 229 g/mol. The molecule has 0 bridgehead atoms. The lowest BCUT2D eigenvalue weighted by atomic mass is 10.1. The maximum absolute atomic E-state index is 13.4. The number of rotatable bonds is 2. The van der Waals surface area contributed by atoms with Crippen molar-refractivity contribution in [2.45, 2.75) is 25.8 Å². The Hall–Kier alpha value is -1.03. The van der Waals surface area contributed by atoms with Gasteiger partial charge in [-0.2, -0.15) is 0 Å². The van der Waals surface area contributed by atoms with Crippen molar-refractivity contribution in [2.75, 3.05) is 13.1 Å². The summed E-state index contributed by atoms with van der Waals surface area (Å²) >= 11 is 0. The van der Waals surface area contributed by atoms with Crippen molar-refractivity contribution in [3.63, 3.8) is 0 Å². The van der Waals surface area contributed by atoms with Crippen molar-refractivity contribution < 1.29 is 13.2 Å². The Morgan fingerprint density at radius 1 is 0.938 bits per heavy atom. The number of halogens is 3. The fraction of sp³-hybridized carbons (Fsp3) is 0.500. The summed E-state index contributed by atoms with van der Waals surface area (Å²) in [7, 11) is 0. The lowest BCUT2D eigenvalue weighted by Crippen LogP contribution is -2.29. The molecule has 4 heteroatoms. The maximum Gasteiger partial charge on any atom is 0.194 e. The van der Waals surface area contributed by atoms with Crippen LogP contribution >= 0.6 is 0 Å². The quantitative estimate of drug-likeness (QED) is 0.704. The molecule has 0 unspecified atom stereocenters. The number of benzene rings is 1. The first-order valence-corrected chi connectivity index (χ1v) is 5.53. The zero-order valence-electron chi connectivity index (χ0n) is 8.98. The number of piperidine rings is 1. The van der Waals surface area contributed by atoms with Crippen molar-refractivity contribution in [1.82, 2.24) is 4.90 Å². The summed E-state index contributed by atoms with van der Waals surface area (Å²) in [6, 6.07) is 2.31. The monoisotopic (exact) mass is 229 g/mol. The maximum atomic E-state index is 13.4. The van der Waals surface area contributed by atoms with E-state index in [1.165, 1.54) is 12.5 Å². The fourth-order valence-electron chi connectivity index (χ4n) is 2.05. The molecule has 1 saturated heterocycles. The highest BCUT2D eigenvalue weighted by atomic mass is 19.2. The van der Waals surface area contributed by atoms with Crippen LogP contribution in [0.5, 0.6) is 0 Å². The molecule has 0 aliphatic carbocycles. The molecule has 0 N–H and O–H groups in total. The van der Waals surface area contributed by atoms with Gasteiger partial charge < -0.3 is 0 Å². The molecule has 0 spiro atoms. The zero-order valence-corrected chi connectivity index (χ0v) is 8.98. The second kappa shape index (κ2) is 4.87. The molecule has 0 amide bonds. The van der Waals surface area contributed by atoms with Crippen LogP contribution in [0.1, 0.15) is 24.8 Å². The zero-order chi connectivity index (χ0) is 11.5. The second-order valence-corrected chi connectivity index (χ2v) is 4.17. The molecule has 0 atom stereocenters. The van der Waals surface area contributed by atoms with Gasteiger partial charge in [-0.1, -0.05) is 12.5 Å². The van der Waals surface area contributed by atoms with Crippen LogP contribution in [0, 0.1) is 17.5 Å². The minimum atomic E-state index is -1.37. The Kier molecular flexibility index (Phi) is 3.49. The van der Waals surface area contributed by atoms with Gasteiger partial charge in [-0.15, -0.1) is 0 Å².